The summed E-state index contributed by atoms with van der Waals surface area (Å²) in [7, 11) is 0. The standard InChI is InChI=1S/C23H19BrFN5O2/c1-15-12-16(24)4-9-20(15)28-21(31)14-26-22(32)19-13-27-30(18-7-5-17(25)6-8-18)23(19)29-10-2-3-11-29/h2-13H,14H2,1H3,(H,26,32)(H,28,31). The molecular weight excluding hydrogens is 477 g/mol. The molecule has 4 aromatic rings. The Morgan fingerprint density at radius 2 is 1.81 bits per heavy atom. The second-order valence-corrected chi connectivity index (χ2v) is 7.97. The molecule has 32 heavy (non-hydrogen) atoms. The van der Waals surface area contributed by atoms with Gasteiger partial charge in [0.05, 0.1) is 18.4 Å². The van der Waals surface area contributed by atoms with Gasteiger partial charge in [-0.05, 0) is 67.1 Å². The lowest BCUT2D eigenvalue weighted by Gasteiger charge is -2.12. The summed E-state index contributed by atoms with van der Waals surface area (Å²) in [5.41, 5.74) is 2.44. The highest BCUT2D eigenvalue weighted by Gasteiger charge is 2.20. The molecule has 2 N–H and O–H groups in total. The van der Waals surface area contributed by atoms with Gasteiger partial charge in [0, 0.05) is 22.6 Å². The predicted octanol–water partition coefficient (Wildman–Crippen LogP) is 4.24. The lowest BCUT2D eigenvalue weighted by Crippen LogP contribution is -2.33. The lowest BCUT2D eigenvalue weighted by molar-refractivity contribution is -0.115. The van der Waals surface area contributed by atoms with Gasteiger partial charge < -0.3 is 15.2 Å². The van der Waals surface area contributed by atoms with E-state index in [1.807, 2.05) is 31.2 Å². The van der Waals surface area contributed by atoms with E-state index < -0.39 is 5.91 Å². The van der Waals surface area contributed by atoms with Crippen molar-refractivity contribution in [1.29, 1.82) is 0 Å². The minimum Gasteiger partial charge on any atom is -0.343 e. The normalized spacial score (nSPS) is 10.7. The molecule has 0 bridgehead atoms. The first-order chi connectivity index (χ1) is 15.4. The fourth-order valence-electron chi connectivity index (χ4n) is 3.22. The van der Waals surface area contributed by atoms with Crippen LogP contribution in [0.1, 0.15) is 15.9 Å². The Labute approximate surface area is 192 Å². The van der Waals surface area contributed by atoms with Crippen molar-refractivity contribution in [2.24, 2.45) is 0 Å². The SMILES string of the molecule is Cc1cc(Br)ccc1NC(=O)CNC(=O)c1cnn(-c2ccc(F)cc2)c1-n1cccc1. The van der Waals surface area contributed by atoms with Crippen LogP contribution < -0.4 is 10.6 Å². The van der Waals surface area contributed by atoms with E-state index in [1.165, 1.54) is 18.3 Å². The molecule has 0 saturated heterocycles. The van der Waals surface area contributed by atoms with Crippen LogP contribution in [0, 0.1) is 12.7 Å². The van der Waals surface area contributed by atoms with Gasteiger partial charge in [-0.25, -0.2) is 9.07 Å². The lowest BCUT2D eigenvalue weighted by atomic mass is 10.2. The van der Waals surface area contributed by atoms with Crippen LogP contribution in [0.2, 0.25) is 0 Å². The smallest absolute Gasteiger partial charge is 0.257 e. The second kappa shape index (κ2) is 9.19. The van der Waals surface area contributed by atoms with Gasteiger partial charge in [0.15, 0.2) is 5.82 Å². The topological polar surface area (TPSA) is 81.0 Å². The molecule has 0 saturated carbocycles. The average Bonchev–Trinajstić information content (AvgIpc) is 3.44. The minimum atomic E-state index is -0.454. The summed E-state index contributed by atoms with van der Waals surface area (Å²) in [6, 6.07) is 14.9. The molecule has 7 nitrogen and oxygen atoms in total. The number of aryl methyl sites for hydroxylation is 1. The zero-order valence-corrected chi connectivity index (χ0v) is 18.6. The number of nitrogens with one attached hydrogen (secondary N) is 2. The van der Waals surface area contributed by atoms with Crippen molar-refractivity contribution in [3.8, 4) is 11.5 Å². The zero-order chi connectivity index (χ0) is 22.7. The van der Waals surface area contributed by atoms with Crippen molar-refractivity contribution in [1.82, 2.24) is 19.7 Å². The third-order valence-electron chi connectivity index (χ3n) is 4.78. The summed E-state index contributed by atoms with van der Waals surface area (Å²) in [5.74, 6) is -0.696. The summed E-state index contributed by atoms with van der Waals surface area (Å²) >= 11 is 3.39. The fraction of sp³-hybridized carbons (Fsp3) is 0.0870. The molecule has 0 aliphatic heterocycles. The molecule has 0 aliphatic rings. The molecule has 2 aromatic heterocycles. The van der Waals surface area contributed by atoms with Crippen molar-refractivity contribution in [2.45, 2.75) is 6.92 Å². The van der Waals surface area contributed by atoms with Crippen LogP contribution in [0.15, 0.2) is 77.7 Å². The van der Waals surface area contributed by atoms with Crippen LogP contribution in [-0.4, -0.2) is 32.7 Å². The first kappa shape index (κ1) is 21.5. The number of aromatic nitrogens is 3. The molecule has 4 rings (SSSR count). The Morgan fingerprint density at radius 3 is 2.50 bits per heavy atom. The maximum Gasteiger partial charge on any atom is 0.257 e. The average molecular weight is 496 g/mol. The van der Waals surface area contributed by atoms with Gasteiger partial charge in [-0.3, -0.25) is 9.59 Å². The largest absolute Gasteiger partial charge is 0.343 e. The number of carbonyl (C=O) groups excluding carboxylic acids is 2. The minimum absolute atomic E-state index is 0.207. The Morgan fingerprint density at radius 1 is 1.09 bits per heavy atom. The number of amides is 2. The molecule has 0 spiro atoms. The van der Waals surface area contributed by atoms with E-state index in [0.717, 1.165) is 10.0 Å². The number of rotatable bonds is 6. The number of carbonyl (C=O) groups is 2. The molecule has 9 heteroatoms. The molecule has 0 fully saturated rings. The number of hydrogen-bond donors (Lipinski definition) is 2. The third-order valence-corrected chi connectivity index (χ3v) is 5.27. The quantitative estimate of drug-likeness (QED) is 0.419. The summed E-state index contributed by atoms with van der Waals surface area (Å²) in [6.45, 7) is 1.67. The van der Waals surface area contributed by atoms with E-state index in [2.05, 4.69) is 31.7 Å². The van der Waals surface area contributed by atoms with E-state index >= 15 is 0 Å². The summed E-state index contributed by atoms with van der Waals surface area (Å²) in [6.07, 6.45) is 4.97. The molecule has 2 heterocycles. The van der Waals surface area contributed by atoms with E-state index in [0.29, 0.717) is 17.2 Å². The monoisotopic (exact) mass is 495 g/mol. The number of halogens is 2. The van der Waals surface area contributed by atoms with Crippen LogP contribution >= 0.6 is 15.9 Å². The molecule has 0 aliphatic carbocycles. The number of benzene rings is 2. The van der Waals surface area contributed by atoms with Crippen molar-refractivity contribution in [2.75, 3.05) is 11.9 Å². The van der Waals surface area contributed by atoms with Crippen LogP contribution in [0.25, 0.3) is 11.5 Å². The predicted molar refractivity (Wildman–Crippen MR) is 123 cm³/mol. The molecular formula is C23H19BrFN5O2. The van der Waals surface area contributed by atoms with Gasteiger partial charge in [-0.15, -0.1) is 0 Å². The zero-order valence-electron chi connectivity index (χ0n) is 17.0. The summed E-state index contributed by atoms with van der Waals surface area (Å²) < 4.78 is 17.5. The number of anilines is 1. The van der Waals surface area contributed by atoms with Gasteiger partial charge in [0.2, 0.25) is 5.91 Å². The highest BCUT2D eigenvalue weighted by molar-refractivity contribution is 9.10. The second-order valence-electron chi connectivity index (χ2n) is 7.05. The molecule has 0 radical (unpaired) electrons. The molecule has 2 amide bonds. The molecule has 0 atom stereocenters. The Hall–Kier alpha value is -3.72. The first-order valence-corrected chi connectivity index (χ1v) is 10.5. The summed E-state index contributed by atoms with van der Waals surface area (Å²) in [4.78, 5) is 25.3. The van der Waals surface area contributed by atoms with Crippen molar-refractivity contribution in [3.05, 3.63) is 94.6 Å². The molecule has 162 valence electrons. The Kier molecular flexibility index (Phi) is 6.18. The van der Waals surface area contributed by atoms with Crippen molar-refractivity contribution < 1.29 is 14.0 Å². The molecule has 2 aromatic carbocycles. The maximum atomic E-state index is 13.3. The van der Waals surface area contributed by atoms with Gasteiger partial charge in [-0.2, -0.15) is 5.10 Å². The number of hydrogen-bond acceptors (Lipinski definition) is 3. The summed E-state index contributed by atoms with van der Waals surface area (Å²) in [5, 5.41) is 9.74. The van der Waals surface area contributed by atoms with E-state index in [4.69, 9.17) is 0 Å². The van der Waals surface area contributed by atoms with Gasteiger partial charge in [0.1, 0.15) is 11.4 Å². The maximum absolute atomic E-state index is 13.3. The van der Waals surface area contributed by atoms with Crippen LogP contribution in [0.3, 0.4) is 0 Å². The fourth-order valence-corrected chi connectivity index (χ4v) is 3.69. The van der Waals surface area contributed by atoms with E-state index in [-0.39, 0.29) is 23.8 Å². The van der Waals surface area contributed by atoms with E-state index in [1.54, 1.807) is 39.8 Å². The first-order valence-electron chi connectivity index (χ1n) is 9.74. The van der Waals surface area contributed by atoms with E-state index in [9.17, 15) is 14.0 Å². The van der Waals surface area contributed by atoms with Gasteiger partial charge >= 0.3 is 0 Å². The highest BCUT2D eigenvalue weighted by Crippen LogP contribution is 2.21. The van der Waals surface area contributed by atoms with Crippen LogP contribution in [-0.2, 0) is 4.79 Å². The highest BCUT2D eigenvalue weighted by atomic mass is 79.9. The third kappa shape index (κ3) is 4.62. The van der Waals surface area contributed by atoms with Gasteiger partial charge in [-0.1, -0.05) is 15.9 Å². The van der Waals surface area contributed by atoms with Crippen molar-refractivity contribution in [3.63, 3.8) is 0 Å². The molecule has 0 unspecified atom stereocenters. The van der Waals surface area contributed by atoms with Crippen LogP contribution in [0.5, 0.6) is 0 Å². The van der Waals surface area contributed by atoms with Gasteiger partial charge in [0.25, 0.3) is 5.91 Å². The number of nitrogens with zero attached hydrogens (tertiary/aromatic N) is 3. The van der Waals surface area contributed by atoms with Crippen molar-refractivity contribution >= 4 is 33.4 Å². The Bertz CT molecular complexity index is 1270. The Balaban J connectivity index is 1.53. The van der Waals surface area contributed by atoms with Crippen LogP contribution in [0.4, 0.5) is 10.1 Å².